The van der Waals surface area contributed by atoms with Gasteiger partial charge in [0.05, 0.1) is 16.6 Å². The Morgan fingerprint density at radius 1 is 1.13 bits per heavy atom. The molecule has 0 bridgehead atoms. The molecule has 6 heteroatoms. The molecule has 0 atom stereocenters. The number of carbonyl (C=O) groups excluding carboxylic acids is 2. The van der Waals surface area contributed by atoms with E-state index in [1.807, 2.05) is 0 Å². The van der Waals surface area contributed by atoms with E-state index in [2.05, 4.69) is 15.9 Å². The van der Waals surface area contributed by atoms with Crippen molar-refractivity contribution in [2.75, 3.05) is 20.3 Å². The number of aldehydes is 1. The lowest BCUT2D eigenvalue weighted by molar-refractivity contribution is 0.0734. The van der Waals surface area contributed by atoms with E-state index in [0.717, 1.165) is 6.29 Å². The van der Waals surface area contributed by atoms with Crippen molar-refractivity contribution in [2.24, 2.45) is 0 Å². The Balaban J connectivity index is 2.03. The summed E-state index contributed by atoms with van der Waals surface area (Å²) in [4.78, 5) is 22.7. The second kappa shape index (κ2) is 8.45. The molecule has 0 aliphatic rings. The van der Waals surface area contributed by atoms with Crippen molar-refractivity contribution < 1.29 is 23.8 Å². The molecule has 0 saturated heterocycles. The molecule has 0 amide bonds. The average Bonchev–Trinajstić information content (AvgIpc) is 2.57. The van der Waals surface area contributed by atoms with Crippen LogP contribution < -0.4 is 9.47 Å². The average molecular weight is 379 g/mol. The van der Waals surface area contributed by atoms with Gasteiger partial charge in [-0.2, -0.15) is 0 Å². The summed E-state index contributed by atoms with van der Waals surface area (Å²) in [6.07, 6.45) is 0.727. The van der Waals surface area contributed by atoms with Gasteiger partial charge in [-0.15, -0.1) is 0 Å². The SMILES string of the molecule is COCCOc1ccc(C(=O)Oc2ccc(C=O)cc2)cc1Br. The van der Waals surface area contributed by atoms with Crippen molar-refractivity contribution >= 4 is 28.2 Å². The molecule has 2 aromatic carbocycles. The smallest absolute Gasteiger partial charge is 0.343 e. The van der Waals surface area contributed by atoms with Gasteiger partial charge >= 0.3 is 5.97 Å². The summed E-state index contributed by atoms with van der Waals surface area (Å²) < 4.78 is 16.3. The molecule has 0 fully saturated rings. The van der Waals surface area contributed by atoms with Gasteiger partial charge in [-0.1, -0.05) is 0 Å². The molecule has 0 N–H and O–H groups in total. The van der Waals surface area contributed by atoms with Gasteiger partial charge in [-0.05, 0) is 58.4 Å². The van der Waals surface area contributed by atoms with Gasteiger partial charge in [0, 0.05) is 12.7 Å². The standard InChI is InChI=1S/C17H15BrO5/c1-21-8-9-22-16-7-4-13(10-15(16)18)17(20)23-14-5-2-12(11-19)3-6-14/h2-7,10-11H,8-9H2,1H3. The molecule has 0 spiro atoms. The molecule has 120 valence electrons. The first-order valence-electron chi connectivity index (χ1n) is 6.82. The van der Waals surface area contributed by atoms with Crippen molar-refractivity contribution in [2.45, 2.75) is 0 Å². The summed E-state index contributed by atoms with van der Waals surface area (Å²) in [6, 6.07) is 11.2. The van der Waals surface area contributed by atoms with Crippen molar-refractivity contribution in [3.8, 4) is 11.5 Å². The lowest BCUT2D eigenvalue weighted by Crippen LogP contribution is -2.09. The molecule has 23 heavy (non-hydrogen) atoms. The van der Waals surface area contributed by atoms with Crippen LogP contribution in [0.25, 0.3) is 0 Å². The maximum Gasteiger partial charge on any atom is 0.343 e. The van der Waals surface area contributed by atoms with E-state index in [-0.39, 0.29) is 0 Å². The lowest BCUT2D eigenvalue weighted by Gasteiger charge is -2.09. The van der Waals surface area contributed by atoms with Crippen molar-refractivity contribution in [3.05, 3.63) is 58.1 Å². The van der Waals surface area contributed by atoms with Crippen LogP contribution in [0.15, 0.2) is 46.9 Å². The van der Waals surface area contributed by atoms with Crippen molar-refractivity contribution in [3.63, 3.8) is 0 Å². The van der Waals surface area contributed by atoms with E-state index >= 15 is 0 Å². The fourth-order valence-electron chi connectivity index (χ4n) is 1.76. The van der Waals surface area contributed by atoms with Gasteiger partial charge in [0.1, 0.15) is 24.4 Å². The minimum atomic E-state index is -0.493. The number of benzene rings is 2. The highest BCUT2D eigenvalue weighted by Gasteiger charge is 2.11. The van der Waals surface area contributed by atoms with Gasteiger partial charge in [0.25, 0.3) is 0 Å². The maximum atomic E-state index is 12.1. The van der Waals surface area contributed by atoms with Crippen LogP contribution >= 0.6 is 15.9 Å². The lowest BCUT2D eigenvalue weighted by atomic mass is 10.2. The summed E-state index contributed by atoms with van der Waals surface area (Å²) >= 11 is 3.36. The van der Waals surface area contributed by atoms with Crippen LogP contribution in [0.5, 0.6) is 11.5 Å². The van der Waals surface area contributed by atoms with Gasteiger partial charge in [0.15, 0.2) is 0 Å². The largest absolute Gasteiger partial charge is 0.490 e. The fourth-order valence-corrected chi connectivity index (χ4v) is 2.25. The molecule has 0 aliphatic carbocycles. The predicted octanol–water partition coefficient (Wildman–Crippen LogP) is 3.51. The van der Waals surface area contributed by atoms with Crippen LogP contribution in [-0.2, 0) is 4.74 Å². The highest BCUT2D eigenvalue weighted by Crippen LogP contribution is 2.26. The number of carbonyl (C=O) groups is 2. The second-order valence-electron chi connectivity index (χ2n) is 4.56. The summed E-state index contributed by atoms with van der Waals surface area (Å²) in [5.41, 5.74) is 0.903. The predicted molar refractivity (Wildman–Crippen MR) is 88.3 cm³/mol. The minimum Gasteiger partial charge on any atom is -0.490 e. The van der Waals surface area contributed by atoms with E-state index in [1.54, 1.807) is 49.6 Å². The monoisotopic (exact) mass is 378 g/mol. The van der Waals surface area contributed by atoms with Crippen LogP contribution in [0.3, 0.4) is 0 Å². The zero-order valence-electron chi connectivity index (χ0n) is 12.5. The van der Waals surface area contributed by atoms with Crippen molar-refractivity contribution in [1.29, 1.82) is 0 Å². The van der Waals surface area contributed by atoms with E-state index < -0.39 is 5.97 Å². The number of esters is 1. The highest BCUT2D eigenvalue weighted by atomic mass is 79.9. The molecule has 0 heterocycles. The first-order chi connectivity index (χ1) is 11.1. The zero-order valence-corrected chi connectivity index (χ0v) is 14.0. The Morgan fingerprint density at radius 2 is 1.87 bits per heavy atom. The summed E-state index contributed by atoms with van der Waals surface area (Å²) in [6.45, 7) is 0.898. The number of hydrogen-bond acceptors (Lipinski definition) is 5. The summed E-state index contributed by atoms with van der Waals surface area (Å²) in [7, 11) is 1.60. The second-order valence-corrected chi connectivity index (χ2v) is 5.42. The van der Waals surface area contributed by atoms with Gasteiger partial charge in [0.2, 0.25) is 0 Å². The molecule has 2 aromatic rings. The third-order valence-corrected chi connectivity index (χ3v) is 3.56. The van der Waals surface area contributed by atoms with Gasteiger partial charge in [-0.25, -0.2) is 4.79 Å². The van der Waals surface area contributed by atoms with Gasteiger partial charge in [-0.3, -0.25) is 4.79 Å². The van der Waals surface area contributed by atoms with Crippen LogP contribution in [0, 0.1) is 0 Å². The van der Waals surface area contributed by atoms with E-state index in [9.17, 15) is 9.59 Å². The van der Waals surface area contributed by atoms with Crippen LogP contribution in [0.2, 0.25) is 0 Å². The Morgan fingerprint density at radius 3 is 2.48 bits per heavy atom. The third-order valence-electron chi connectivity index (χ3n) is 2.94. The molecule has 0 aliphatic heterocycles. The van der Waals surface area contributed by atoms with E-state index in [0.29, 0.717) is 40.3 Å². The number of hydrogen-bond donors (Lipinski definition) is 0. The Hall–Kier alpha value is -2.18. The molecular formula is C17H15BrO5. The molecule has 2 rings (SSSR count). The molecule has 0 radical (unpaired) electrons. The van der Waals surface area contributed by atoms with Crippen LogP contribution in [-0.4, -0.2) is 32.6 Å². The Labute approximate surface area is 142 Å². The third kappa shape index (κ3) is 4.91. The molecule has 5 nitrogen and oxygen atoms in total. The number of methoxy groups -OCH3 is 1. The normalized spacial score (nSPS) is 10.2. The Kier molecular flexibility index (Phi) is 6.31. The first-order valence-corrected chi connectivity index (χ1v) is 7.62. The van der Waals surface area contributed by atoms with Gasteiger partial charge < -0.3 is 14.2 Å². The quantitative estimate of drug-likeness (QED) is 0.319. The van der Waals surface area contributed by atoms with E-state index in [4.69, 9.17) is 14.2 Å². The highest BCUT2D eigenvalue weighted by molar-refractivity contribution is 9.10. The number of rotatable bonds is 7. The molecular weight excluding hydrogens is 364 g/mol. The maximum absolute atomic E-state index is 12.1. The molecule has 0 saturated carbocycles. The number of halogens is 1. The summed E-state index contributed by atoms with van der Waals surface area (Å²) in [5.74, 6) is 0.499. The number of ether oxygens (including phenoxy) is 3. The Bertz CT molecular complexity index is 682. The summed E-state index contributed by atoms with van der Waals surface area (Å²) in [5, 5.41) is 0. The topological polar surface area (TPSA) is 61.8 Å². The first kappa shape index (κ1) is 17.2. The molecule has 0 aromatic heterocycles. The minimum absolute atomic E-state index is 0.372. The van der Waals surface area contributed by atoms with Crippen molar-refractivity contribution in [1.82, 2.24) is 0 Å². The zero-order chi connectivity index (χ0) is 16.7. The van der Waals surface area contributed by atoms with E-state index in [1.165, 1.54) is 0 Å². The van der Waals surface area contributed by atoms with Crippen LogP contribution in [0.4, 0.5) is 0 Å². The van der Waals surface area contributed by atoms with Crippen LogP contribution in [0.1, 0.15) is 20.7 Å². The fraction of sp³-hybridized carbons (Fsp3) is 0.176. The molecule has 0 unspecified atom stereocenters.